The zero-order valence-electron chi connectivity index (χ0n) is 7.20. The fourth-order valence-electron chi connectivity index (χ4n) is 1.70. The van der Waals surface area contributed by atoms with Crippen LogP contribution in [0, 0.1) is 0 Å². The second-order valence-electron chi connectivity index (χ2n) is 3.17. The Labute approximate surface area is 72.3 Å². The summed E-state index contributed by atoms with van der Waals surface area (Å²) in [4.78, 5) is 12.7. The minimum Gasteiger partial charge on any atom is -0.480 e. The lowest BCUT2D eigenvalue weighted by Gasteiger charge is -2.32. The number of carboxylic acids is 1. The molecule has 0 spiro atoms. The summed E-state index contributed by atoms with van der Waals surface area (Å²) in [7, 11) is 0. The van der Waals surface area contributed by atoms with Crippen molar-refractivity contribution in [2.24, 2.45) is 5.73 Å². The molecule has 0 aliphatic carbocycles. The van der Waals surface area contributed by atoms with Crippen molar-refractivity contribution < 1.29 is 9.90 Å². The SMILES string of the molecule is NCCN1CCCCC1C(=O)O. The molecule has 12 heavy (non-hydrogen) atoms. The van der Waals surface area contributed by atoms with Gasteiger partial charge >= 0.3 is 5.97 Å². The second-order valence-corrected chi connectivity index (χ2v) is 3.17. The molecule has 3 N–H and O–H groups in total. The summed E-state index contributed by atoms with van der Waals surface area (Å²) < 4.78 is 0. The predicted molar refractivity (Wildman–Crippen MR) is 45.9 cm³/mol. The minimum absolute atomic E-state index is 0.290. The highest BCUT2D eigenvalue weighted by atomic mass is 16.4. The van der Waals surface area contributed by atoms with Crippen LogP contribution in [0.1, 0.15) is 19.3 Å². The van der Waals surface area contributed by atoms with Crippen molar-refractivity contribution in [2.75, 3.05) is 19.6 Å². The van der Waals surface area contributed by atoms with Crippen LogP contribution in [0.4, 0.5) is 0 Å². The molecule has 70 valence electrons. The molecule has 1 unspecified atom stereocenters. The third kappa shape index (κ3) is 2.19. The van der Waals surface area contributed by atoms with E-state index in [9.17, 15) is 4.79 Å². The first-order valence-electron chi connectivity index (χ1n) is 4.42. The quantitative estimate of drug-likeness (QED) is 0.623. The van der Waals surface area contributed by atoms with Crippen LogP contribution in [0.3, 0.4) is 0 Å². The fourth-order valence-corrected chi connectivity index (χ4v) is 1.70. The Hall–Kier alpha value is -0.610. The van der Waals surface area contributed by atoms with E-state index >= 15 is 0 Å². The van der Waals surface area contributed by atoms with Crippen LogP contribution in [0.25, 0.3) is 0 Å². The predicted octanol–water partition coefficient (Wildman–Crippen LogP) is -0.116. The molecular formula is C8H16N2O2. The lowest BCUT2D eigenvalue weighted by molar-refractivity contribution is -0.144. The number of piperidine rings is 1. The molecule has 0 radical (unpaired) electrons. The van der Waals surface area contributed by atoms with E-state index in [0.717, 1.165) is 25.8 Å². The maximum atomic E-state index is 10.8. The number of carbonyl (C=O) groups is 1. The van der Waals surface area contributed by atoms with Crippen molar-refractivity contribution in [3.8, 4) is 0 Å². The molecule has 0 saturated carbocycles. The summed E-state index contributed by atoms with van der Waals surface area (Å²) in [6.45, 7) is 2.13. The van der Waals surface area contributed by atoms with E-state index in [0.29, 0.717) is 13.1 Å². The fraction of sp³-hybridized carbons (Fsp3) is 0.875. The Morgan fingerprint density at radius 3 is 2.92 bits per heavy atom. The van der Waals surface area contributed by atoms with Crippen LogP contribution < -0.4 is 5.73 Å². The first-order valence-corrected chi connectivity index (χ1v) is 4.42. The Kier molecular flexibility index (Phi) is 3.49. The van der Waals surface area contributed by atoms with Crippen LogP contribution in [-0.4, -0.2) is 41.7 Å². The third-order valence-corrected chi connectivity index (χ3v) is 2.32. The molecule has 0 aromatic heterocycles. The highest BCUT2D eigenvalue weighted by molar-refractivity contribution is 5.73. The van der Waals surface area contributed by atoms with Crippen molar-refractivity contribution >= 4 is 5.97 Å². The number of nitrogens with two attached hydrogens (primary N) is 1. The molecule has 1 atom stereocenters. The van der Waals surface area contributed by atoms with Gasteiger partial charge in [0.15, 0.2) is 0 Å². The molecule has 1 aliphatic heterocycles. The average molecular weight is 172 g/mol. The lowest BCUT2D eigenvalue weighted by atomic mass is 10.0. The van der Waals surface area contributed by atoms with Crippen molar-refractivity contribution in [1.29, 1.82) is 0 Å². The van der Waals surface area contributed by atoms with E-state index in [1.54, 1.807) is 0 Å². The number of hydrogen-bond donors (Lipinski definition) is 2. The van der Waals surface area contributed by atoms with Crippen molar-refractivity contribution in [1.82, 2.24) is 4.90 Å². The van der Waals surface area contributed by atoms with Gasteiger partial charge in [-0.2, -0.15) is 0 Å². The van der Waals surface area contributed by atoms with Crippen molar-refractivity contribution in [3.63, 3.8) is 0 Å². The maximum Gasteiger partial charge on any atom is 0.320 e. The molecule has 1 fully saturated rings. The average Bonchev–Trinajstić information content (AvgIpc) is 2.05. The smallest absolute Gasteiger partial charge is 0.320 e. The summed E-state index contributed by atoms with van der Waals surface area (Å²) in [5.74, 6) is -0.705. The number of aliphatic carboxylic acids is 1. The van der Waals surface area contributed by atoms with Crippen molar-refractivity contribution in [2.45, 2.75) is 25.3 Å². The molecule has 4 nitrogen and oxygen atoms in total. The lowest BCUT2D eigenvalue weighted by Crippen LogP contribution is -2.46. The molecule has 0 amide bonds. The zero-order valence-corrected chi connectivity index (χ0v) is 7.20. The summed E-state index contributed by atoms with van der Waals surface area (Å²) >= 11 is 0. The topological polar surface area (TPSA) is 66.6 Å². The summed E-state index contributed by atoms with van der Waals surface area (Å²) in [6, 6.07) is -0.290. The number of likely N-dealkylation sites (tertiary alicyclic amines) is 1. The van der Waals surface area contributed by atoms with Gasteiger partial charge in [-0.05, 0) is 19.4 Å². The Balaban J connectivity index is 2.48. The third-order valence-electron chi connectivity index (χ3n) is 2.32. The Morgan fingerprint density at radius 2 is 2.33 bits per heavy atom. The normalized spacial score (nSPS) is 25.6. The number of nitrogens with zero attached hydrogens (tertiary/aromatic N) is 1. The zero-order chi connectivity index (χ0) is 8.97. The molecule has 0 bridgehead atoms. The van der Waals surface area contributed by atoms with Gasteiger partial charge in [0.2, 0.25) is 0 Å². The van der Waals surface area contributed by atoms with Crippen molar-refractivity contribution in [3.05, 3.63) is 0 Å². The van der Waals surface area contributed by atoms with Crippen LogP contribution >= 0.6 is 0 Å². The van der Waals surface area contributed by atoms with Gasteiger partial charge in [0.05, 0.1) is 0 Å². The second kappa shape index (κ2) is 4.42. The number of carboxylic acid groups (broad SMARTS) is 1. The standard InChI is InChI=1S/C8H16N2O2/c9-4-6-10-5-2-1-3-7(10)8(11)12/h7H,1-6,9H2,(H,11,12). The van der Waals surface area contributed by atoms with Crippen LogP contribution in [0.5, 0.6) is 0 Å². The van der Waals surface area contributed by atoms with E-state index in [2.05, 4.69) is 0 Å². The maximum absolute atomic E-state index is 10.8. The molecule has 1 heterocycles. The van der Waals surface area contributed by atoms with Gasteiger partial charge in [-0.3, -0.25) is 9.69 Å². The number of hydrogen-bond acceptors (Lipinski definition) is 3. The largest absolute Gasteiger partial charge is 0.480 e. The van der Waals surface area contributed by atoms with E-state index < -0.39 is 5.97 Å². The van der Waals surface area contributed by atoms with Gasteiger partial charge in [0.1, 0.15) is 6.04 Å². The summed E-state index contributed by atoms with van der Waals surface area (Å²) in [5.41, 5.74) is 5.39. The van der Waals surface area contributed by atoms with E-state index in [1.807, 2.05) is 4.90 Å². The van der Waals surface area contributed by atoms with Gasteiger partial charge in [-0.15, -0.1) is 0 Å². The van der Waals surface area contributed by atoms with Gasteiger partial charge in [0, 0.05) is 13.1 Å². The van der Waals surface area contributed by atoms with Gasteiger partial charge in [-0.25, -0.2) is 0 Å². The summed E-state index contributed by atoms with van der Waals surface area (Å²) in [5, 5.41) is 8.85. The van der Waals surface area contributed by atoms with E-state index in [-0.39, 0.29) is 6.04 Å². The Morgan fingerprint density at radius 1 is 1.58 bits per heavy atom. The monoisotopic (exact) mass is 172 g/mol. The van der Waals surface area contributed by atoms with Crippen LogP contribution in [0.2, 0.25) is 0 Å². The molecule has 1 rings (SSSR count). The first kappa shape index (κ1) is 9.48. The Bertz CT molecular complexity index is 159. The van der Waals surface area contributed by atoms with Gasteiger partial charge in [0.25, 0.3) is 0 Å². The van der Waals surface area contributed by atoms with Crippen LogP contribution in [-0.2, 0) is 4.79 Å². The number of rotatable bonds is 3. The van der Waals surface area contributed by atoms with Gasteiger partial charge in [-0.1, -0.05) is 6.42 Å². The van der Waals surface area contributed by atoms with E-state index in [1.165, 1.54) is 0 Å². The minimum atomic E-state index is -0.705. The van der Waals surface area contributed by atoms with Gasteiger partial charge < -0.3 is 10.8 Å². The highest BCUT2D eigenvalue weighted by Crippen LogP contribution is 2.16. The molecule has 1 saturated heterocycles. The first-order chi connectivity index (χ1) is 5.75. The van der Waals surface area contributed by atoms with Crippen LogP contribution in [0.15, 0.2) is 0 Å². The summed E-state index contributed by atoms with van der Waals surface area (Å²) in [6.07, 6.45) is 2.90. The highest BCUT2D eigenvalue weighted by Gasteiger charge is 2.27. The molecule has 0 aromatic rings. The molecule has 1 aliphatic rings. The molecular weight excluding hydrogens is 156 g/mol. The molecule has 4 heteroatoms. The molecule has 0 aromatic carbocycles. The van der Waals surface area contributed by atoms with E-state index in [4.69, 9.17) is 10.8 Å².